The highest BCUT2D eigenvalue weighted by Crippen LogP contribution is 2.28. The van der Waals surface area contributed by atoms with Crippen molar-refractivity contribution >= 4 is 5.78 Å². The first-order valence-electron chi connectivity index (χ1n) is 6.55. The van der Waals surface area contributed by atoms with Crippen LogP contribution in [0.15, 0.2) is 18.2 Å². The molecule has 1 rings (SSSR count). The number of benzene rings is 1. The first kappa shape index (κ1) is 16.5. The largest absolute Gasteiger partial charge is 0.493 e. The summed E-state index contributed by atoms with van der Waals surface area (Å²) in [7, 11) is 1.50. The first-order chi connectivity index (χ1) is 9.43. The van der Waals surface area contributed by atoms with Crippen LogP contribution in [0, 0.1) is 0 Å². The van der Waals surface area contributed by atoms with Gasteiger partial charge in [-0.05, 0) is 39.0 Å². The first-order valence-corrected chi connectivity index (χ1v) is 6.55. The zero-order chi connectivity index (χ0) is 15.1. The summed E-state index contributed by atoms with van der Waals surface area (Å²) in [5, 5.41) is 9.72. The number of methoxy groups -OCH3 is 1. The number of Topliss-reactive ketones (excluding diaryl/α,β-unsaturated/α-hetero) is 1. The van der Waals surface area contributed by atoms with Crippen molar-refractivity contribution in [1.29, 1.82) is 0 Å². The maximum Gasteiger partial charge on any atom is 0.161 e. The van der Waals surface area contributed by atoms with Crippen molar-refractivity contribution in [3.05, 3.63) is 23.8 Å². The summed E-state index contributed by atoms with van der Waals surface area (Å²) in [6.45, 7) is 5.60. The van der Waals surface area contributed by atoms with E-state index >= 15 is 0 Å². The van der Waals surface area contributed by atoms with Gasteiger partial charge in [0, 0.05) is 5.56 Å². The van der Waals surface area contributed by atoms with Crippen LogP contribution in [0.2, 0.25) is 0 Å². The molecule has 20 heavy (non-hydrogen) atoms. The fourth-order valence-electron chi connectivity index (χ4n) is 1.54. The van der Waals surface area contributed by atoms with Gasteiger partial charge in [0.05, 0.1) is 19.8 Å². The van der Waals surface area contributed by atoms with E-state index in [1.165, 1.54) is 14.0 Å². The lowest BCUT2D eigenvalue weighted by atomic mass is 10.1. The summed E-state index contributed by atoms with van der Waals surface area (Å²) in [4.78, 5) is 11.3. The number of rotatable bonds is 8. The van der Waals surface area contributed by atoms with Gasteiger partial charge in [0.25, 0.3) is 0 Å². The van der Waals surface area contributed by atoms with E-state index in [0.717, 1.165) is 0 Å². The number of aliphatic hydroxyl groups is 1. The molecule has 1 aromatic rings. The monoisotopic (exact) mass is 282 g/mol. The molecule has 0 spiro atoms. The number of carbonyl (C=O) groups is 1. The quantitative estimate of drug-likeness (QED) is 0.739. The van der Waals surface area contributed by atoms with Crippen molar-refractivity contribution < 1.29 is 24.1 Å². The molecule has 0 saturated heterocycles. The third-order valence-corrected chi connectivity index (χ3v) is 2.62. The van der Waals surface area contributed by atoms with E-state index in [0.29, 0.717) is 17.1 Å². The molecule has 0 aliphatic carbocycles. The summed E-state index contributed by atoms with van der Waals surface area (Å²) < 4.78 is 16.0. The van der Waals surface area contributed by atoms with Crippen LogP contribution in [0.4, 0.5) is 0 Å². The number of aliphatic hydroxyl groups excluding tert-OH is 1. The summed E-state index contributed by atoms with van der Waals surface area (Å²) in [5.41, 5.74) is 0.554. The lowest BCUT2D eigenvalue weighted by Gasteiger charge is -2.16. The molecule has 5 nitrogen and oxygen atoms in total. The van der Waals surface area contributed by atoms with Crippen LogP contribution in [0.5, 0.6) is 11.5 Å². The fraction of sp³-hybridized carbons (Fsp3) is 0.533. The van der Waals surface area contributed by atoms with E-state index in [9.17, 15) is 9.90 Å². The highest BCUT2D eigenvalue weighted by molar-refractivity contribution is 5.94. The van der Waals surface area contributed by atoms with Crippen molar-refractivity contribution in [2.45, 2.75) is 33.0 Å². The van der Waals surface area contributed by atoms with E-state index in [1.54, 1.807) is 18.2 Å². The second kappa shape index (κ2) is 7.87. The van der Waals surface area contributed by atoms with Gasteiger partial charge in [-0.15, -0.1) is 0 Å². The van der Waals surface area contributed by atoms with Crippen LogP contribution in [-0.4, -0.2) is 43.4 Å². The Kier molecular flexibility index (Phi) is 6.48. The molecule has 0 bridgehead atoms. The highest BCUT2D eigenvalue weighted by atomic mass is 16.5. The van der Waals surface area contributed by atoms with Gasteiger partial charge < -0.3 is 19.3 Å². The molecule has 1 atom stereocenters. The van der Waals surface area contributed by atoms with Crippen molar-refractivity contribution in [3.8, 4) is 11.5 Å². The Morgan fingerprint density at radius 2 is 1.95 bits per heavy atom. The molecular weight excluding hydrogens is 260 g/mol. The van der Waals surface area contributed by atoms with Crippen LogP contribution in [0.1, 0.15) is 31.1 Å². The average molecular weight is 282 g/mol. The molecule has 0 aromatic heterocycles. The molecule has 1 unspecified atom stereocenters. The Bertz CT molecular complexity index is 442. The van der Waals surface area contributed by atoms with Crippen molar-refractivity contribution in [1.82, 2.24) is 0 Å². The SMILES string of the molecule is COc1cc(C(C)=O)ccc1OCC(O)COC(C)C. The number of hydrogen-bond acceptors (Lipinski definition) is 5. The zero-order valence-electron chi connectivity index (χ0n) is 12.4. The van der Waals surface area contributed by atoms with Gasteiger partial charge in [-0.1, -0.05) is 0 Å². The Balaban J connectivity index is 2.61. The fourth-order valence-corrected chi connectivity index (χ4v) is 1.54. The molecule has 0 radical (unpaired) electrons. The third kappa shape index (κ3) is 5.19. The Hall–Kier alpha value is -1.59. The van der Waals surface area contributed by atoms with Crippen molar-refractivity contribution in [2.24, 2.45) is 0 Å². The number of carbonyl (C=O) groups excluding carboxylic acids is 1. The van der Waals surface area contributed by atoms with Crippen LogP contribution in [0.3, 0.4) is 0 Å². The molecule has 0 saturated carbocycles. The average Bonchev–Trinajstić information content (AvgIpc) is 2.42. The number of ether oxygens (including phenoxy) is 3. The van der Waals surface area contributed by atoms with Crippen LogP contribution >= 0.6 is 0 Å². The van der Waals surface area contributed by atoms with Gasteiger partial charge in [0.15, 0.2) is 17.3 Å². The predicted octanol–water partition coefficient (Wildman–Crippen LogP) is 2.06. The van der Waals surface area contributed by atoms with Crippen molar-refractivity contribution in [2.75, 3.05) is 20.3 Å². The molecule has 0 fully saturated rings. The van der Waals surface area contributed by atoms with E-state index in [-0.39, 0.29) is 25.1 Å². The second-order valence-corrected chi connectivity index (χ2v) is 4.77. The van der Waals surface area contributed by atoms with Gasteiger partial charge in [-0.3, -0.25) is 4.79 Å². The van der Waals surface area contributed by atoms with Gasteiger partial charge in [0.2, 0.25) is 0 Å². The Morgan fingerprint density at radius 3 is 2.50 bits per heavy atom. The predicted molar refractivity (Wildman–Crippen MR) is 75.6 cm³/mol. The molecular formula is C15H22O5. The van der Waals surface area contributed by atoms with Crippen molar-refractivity contribution in [3.63, 3.8) is 0 Å². The molecule has 1 N–H and O–H groups in total. The van der Waals surface area contributed by atoms with Gasteiger partial charge in [-0.25, -0.2) is 0 Å². The molecule has 112 valence electrons. The van der Waals surface area contributed by atoms with Crippen LogP contribution < -0.4 is 9.47 Å². The minimum absolute atomic E-state index is 0.0415. The summed E-state index contributed by atoms with van der Waals surface area (Å²) in [6, 6.07) is 4.94. The molecule has 5 heteroatoms. The van der Waals surface area contributed by atoms with E-state index < -0.39 is 6.10 Å². The Morgan fingerprint density at radius 1 is 1.25 bits per heavy atom. The smallest absolute Gasteiger partial charge is 0.161 e. The van der Waals surface area contributed by atoms with E-state index in [4.69, 9.17) is 14.2 Å². The van der Waals surface area contributed by atoms with Gasteiger partial charge in [0.1, 0.15) is 12.7 Å². The summed E-state index contributed by atoms with van der Waals surface area (Å²) in [6.07, 6.45) is -0.649. The topological polar surface area (TPSA) is 65.0 Å². The normalized spacial score (nSPS) is 12.3. The molecule has 1 aromatic carbocycles. The maximum atomic E-state index is 11.3. The van der Waals surface area contributed by atoms with Gasteiger partial charge in [-0.2, -0.15) is 0 Å². The molecule has 0 aliphatic heterocycles. The molecule has 0 aliphatic rings. The third-order valence-electron chi connectivity index (χ3n) is 2.62. The van der Waals surface area contributed by atoms with E-state index in [2.05, 4.69) is 0 Å². The Labute approximate surface area is 119 Å². The summed E-state index contributed by atoms with van der Waals surface area (Å²) in [5.74, 6) is 0.913. The molecule has 0 heterocycles. The summed E-state index contributed by atoms with van der Waals surface area (Å²) >= 11 is 0. The van der Waals surface area contributed by atoms with Gasteiger partial charge >= 0.3 is 0 Å². The zero-order valence-corrected chi connectivity index (χ0v) is 12.4. The lowest BCUT2D eigenvalue weighted by molar-refractivity contribution is -0.0125. The van der Waals surface area contributed by atoms with Crippen LogP contribution in [0.25, 0.3) is 0 Å². The minimum atomic E-state index is -0.713. The standard InChI is InChI=1S/C15H22O5/c1-10(2)19-8-13(17)9-20-14-6-5-12(11(3)16)7-15(14)18-4/h5-7,10,13,17H,8-9H2,1-4H3. The number of ketones is 1. The minimum Gasteiger partial charge on any atom is -0.493 e. The maximum absolute atomic E-state index is 11.3. The van der Waals surface area contributed by atoms with E-state index in [1.807, 2.05) is 13.8 Å². The number of hydrogen-bond donors (Lipinski definition) is 1. The molecule has 0 amide bonds. The highest BCUT2D eigenvalue weighted by Gasteiger charge is 2.11. The lowest BCUT2D eigenvalue weighted by Crippen LogP contribution is -2.25. The second-order valence-electron chi connectivity index (χ2n) is 4.77. The van der Waals surface area contributed by atoms with Crippen LogP contribution in [-0.2, 0) is 4.74 Å².